The second-order valence-electron chi connectivity index (χ2n) is 4.69. The second kappa shape index (κ2) is 7.27. The van der Waals surface area contributed by atoms with E-state index in [0.717, 1.165) is 38.2 Å². The zero-order valence-corrected chi connectivity index (χ0v) is 11.0. The van der Waals surface area contributed by atoms with Crippen molar-refractivity contribution in [3.8, 4) is 0 Å². The van der Waals surface area contributed by atoms with Gasteiger partial charge in [0, 0.05) is 32.6 Å². The first kappa shape index (κ1) is 14.0. The Labute approximate surface area is 103 Å². The molecule has 0 aromatic rings. The van der Waals surface area contributed by atoms with Crippen LogP contribution in [0.5, 0.6) is 0 Å². The molecule has 1 heterocycles. The van der Waals surface area contributed by atoms with E-state index in [1.165, 1.54) is 0 Å². The third kappa shape index (κ3) is 6.26. The third-order valence-corrected chi connectivity index (χ3v) is 2.74. The molecule has 5 nitrogen and oxygen atoms in total. The van der Waals surface area contributed by atoms with Crippen LogP contribution in [0.25, 0.3) is 0 Å². The second-order valence-corrected chi connectivity index (χ2v) is 4.69. The molecule has 17 heavy (non-hydrogen) atoms. The summed E-state index contributed by atoms with van der Waals surface area (Å²) in [5.74, 6) is 0.0690. The normalized spacial score (nSPS) is 17.6. The Hall–Kier alpha value is -1.10. The van der Waals surface area contributed by atoms with E-state index in [1.807, 2.05) is 13.8 Å². The fraction of sp³-hybridized carbons (Fsp3) is 0.833. The molecule has 0 unspecified atom stereocenters. The Morgan fingerprint density at radius 2 is 2.00 bits per heavy atom. The van der Waals surface area contributed by atoms with E-state index < -0.39 is 0 Å². The van der Waals surface area contributed by atoms with Gasteiger partial charge in [-0.05, 0) is 26.7 Å². The monoisotopic (exact) mass is 241 g/mol. The molecule has 0 aromatic heterocycles. The maximum Gasteiger partial charge on any atom is 0.217 e. The summed E-state index contributed by atoms with van der Waals surface area (Å²) >= 11 is 0. The smallest absolute Gasteiger partial charge is 0.217 e. The molecule has 0 aliphatic carbocycles. The molecule has 98 valence electrons. The Balaban J connectivity index is 2.10. The zero-order valence-electron chi connectivity index (χ0n) is 11.0. The number of hydrogen-bond donors (Lipinski definition) is 1. The van der Waals surface area contributed by atoms with Crippen LogP contribution in [0.15, 0.2) is 5.16 Å². The average Bonchev–Trinajstić information content (AvgIpc) is 2.25. The molecule has 1 rings (SSSR count). The molecule has 1 fully saturated rings. The number of piperidine rings is 1. The molecule has 0 aromatic carbocycles. The molecule has 1 aliphatic heterocycles. The van der Waals surface area contributed by atoms with Crippen LogP contribution < -0.4 is 5.32 Å². The number of nitrogens with one attached hydrogen (secondary N) is 1. The number of carbonyl (C=O) groups is 1. The van der Waals surface area contributed by atoms with Crippen LogP contribution in [0, 0.1) is 0 Å². The van der Waals surface area contributed by atoms with Gasteiger partial charge in [-0.25, -0.2) is 0 Å². The molecule has 0 saturated carbocycles. The first-order valence-corrected chi connectivity index (χ1v) is 6.20. The summed E-state index contributed by atoms with van der Waals surface area (Å²) in [5.41, 5.74) is 0.939. The number of amides is 1. The number of hydrogen-bond acceptors (Lipinski definition) is 4. The zero-order chi connectivity index (χ0) is 12.7. The van der Waals surface area contributed by atoms with Gasteiger partial charge in [-0.2, -0.15) is 0 Å². The SMILES string of the molecule is CC(=O)NC1CCN(CCON=C(C)C)CC1. The average molecular weight is 241 g/mol. The van der Waals surface area contributed by atoms with Crippen molar-refractivity contribution in [3.63, 3.8) is 0 Å². The van der Waals surface area contributed by atoms with Crippen molar-refractivity contribution in [3.05, 3.63) is 0 Å². The number of carbonyl (C=O) groups excluding carboxylic acids is 1. The first-order valence-electron chi connectivity index (χ1n) is 6.20. The van der Waals surface area contributed by atoms with Crippen molar-refractivity contribution in [2.24, 2.45) is 5.16 Å². The van der Waals surface area contributed by atoms with Crippen molar-refractivity contribution in [2.45, 2.75) is 39.7 Å². The predicted molar refractivity (Wildman–Crippen MR) is 68.0 cm³/mol. The summed E-state index contributed by atoms with van der Waals surface area (Å²) in [6.07, 6.45) is 2.05. The van der Waals surface area contributed by atoms with Crippen molar-refractivity contribution >= 4 is 11.6 Å². The van der Waals surface area contributed by atoms with E-state index in [2.05, 4.69) is 15.4 Å². The highest BCUT2D eigenvalue weighted by atomic mass is 16.6. The number of likely N-dealkylation sites (tertiary alicyclic amines) is 1. The van der Waals surface area contributed by atoms with Gasteiger partial charge in [-0.15, -0.1) is 0 Å². The third-order valence-electron chi connectivity index (χ3n) is 2.74. The molecule has 0 bridgehead atoms. The van der Waals surface area contributed by atoms with E-state index in [9.17, 15) is 4.79 Å². The molecule has 1 aliphatic rings. The highest BCUT2D eigenvalue weighted by molar-refractivity contribution is 5.78. The summed E-state index contributed by atoms with van der Waals surface area (Å²) < 4.78 is 0. The molecule has 5 heteroatoms. The maximum absolute atomic E-state index is 10.9. The van der Waals surface area contributed by atoms with Crippen molar-refractivity contribution in [1.29, 1.82) is 0 Å². The minimum Gasteiger partial charge on any atom is -0.395 e. The largest absolute Gasteiger partial charge is 0.395 e. The minimum absolute atomic E-state index is 0.0690. The lowest BCUT2D eigenvalue weighted by Gasteiger charge is -2.31. The Morgan fingerprint density at radius 3 is 2.53 bits per heavy atom. The van der Waals surface area contributed by atoms with Crippen molar-refractivity contribution in [2.75, 3.05) is 26.2 Å². The Morgan fingerprint density at radius 1 is 1.35 bits per heavy atom. The first-order chi connectivity index (χ1) is 8.08. The van der Waals surface area contributed by atoms with Crippen LogP contribution in [0.1, 0.15) is 33.6 Å². The van der Waals surface area contributed by atoms with E-state index in [-0.39, 0.29) is 5.91 Å². The molecule has 0 spiro atoms. The van der Waals surface area contributed by atoms with E-state index in [4.69, 9.17) is 4.84 Å². The van der Waals surface area contributed by atoms with Gasteiger partial charge in [0.1, 0.15) is 6.61 Å². The van der Waals surface area contributed by atoms with Gasteiger partial charge in [0.15, 0.2) is 0 Å². The van der Waals surface area contributed by atoms with Gasteiger partial charge in [-0.1, -0.05) is 5.16 Å². The molecular weight excluding hydrogens is 218 g/mol. The Kier molecular flexibility index (Phi) is 5.97. The number of rotatable bonds is 5. The quantitative estimate of drug-likeness (QED) is 0.444. The molecule has 1 amide bonds. The molecule has 1 saturated heterocycles. The van der Waals surface area contributed by atoms with Crippen LogP contribution in [0.4, 0.5) is 0 Å². The fourth-order valence-electron chi connectivity index (χ4n) is 1.93. The van der Waals surface area contributed by atoms with Gasteiger partial charge in [0.25, 0.3) is 0 Å². The van der Waals surface area contributed by atoms with Crippen LogP contribution in [0.3, 0.4) is 0 Å². The van der Waals surface area contributed by atoms with Gasteiger partial charge in [0.05, 0.1) is 5.71 Å². The van der Waals surface area contributed by atoms with E-state index in [0.29, 0.717) is 12.6 Å². The summed E-state index contributed by atoms with van der Waals surface area (Å²) in [6, 6.07) is 0.348. The van der Waals surface area contributed by atoms with Crippen molar-refractivity contribution in [1.82, 2.24) is 10.2 Å². The highest BCUT2D eigenvalue weighted by Gasteiger charge is 2.19. The van der Waals surface area contributed by atoms with Crippen LogP contribution >= 0.6 is 0 Å². The molecule has 1 N–H and O–H groups in total. The summed E-state index contributed by atoms with van der Waals surface area (Å²) in [6.45, 7) is 8.98. The summed E-state index contributed by atoms with van der Waals surface area (Å²) in [7, 11) is 0. The highest BCUT2D eigenvalue weighted by Crippen LogP contribution is 2.09. The lowest BCUT2D eigenvalue weighted by Crippen LogP contribution is -2.44. The van der Waals surface area contributed by atoms with Crippen LogP contribution in [-0.4, -0.2) is 48.8 Å². The number of oxime groups is 1. The summed E-state index contributed by atoms with van der Waals surface area (Å²) in [4.78, 5) is 18.4. The summed E-state index contributed by atoms with van der Waals surface area (Å²) in [5, 5.41) is 6.86. The van der Waals surface area contributed by atoms with Gasteiger partial charge >= 0.3 is 0 Å². The van der Waals surface area contributed by atoms with Gasteiger partial charge < -0.3 is 10.2 Å². The van der Waals surface area contributed by atoms with Gasteiger partial charge in [-0.3, -0.25) is 9.69 Å². The minimum atomic E-state index is 0.0690. The van der Waals surface area contributed by atoms with Crippen LogP contribution in [-0.2, 0) is 9.63 Å². The fourth-order valence-corrected chi connectivity index (χ4v) is 1.93. The molecule has 0 radical (unpaired) electrons. The topological polar surface area (TPSA) is 53.9 Å². The lowest BCUT2D eigenvalue weighted by molar-refractivity contribution is -0.119. The van der Waals surface area contributed by atoms with Gasteiger partial charge in [0.2, 0.25) is 5.91 Å². The predicted octanol–water partition coefficient (Wildman–Crippen LogP) is 0.999. The molecule has 0 atom stereocenters. The maximum atomic E-state index is 10.9. The van der Waals surface area contributed by atoms with E-state index >= 15 is 0 Å². The molecular formula is C12H23N3O2. The standard InChI is InChI=1S/C12H23N3O2/c1-10(2)14-17-9-8-15-6-4-12(5-7-15)13-11(3)16/h12H,4-9H2,1-3H3,(H,13,16). The van der Waals surface area contributed by atoms with Crippen molar-refractivity contribution < 1.29 is 9.63 Å². The lowest BCUT2D eigenvalue weighted by atomic mass is 10.1. The Bertz CT molecular complexity index is 267. The number of nitrogens with zero attached hydrogens (tertiary/aromatic N) is 2. The van der Waals surface area contributed by atoms with Crippen LogP contribution in [0.2, 0.25) is 0 Å². The van der Waals surface area contributed by atoms with E-state index in [1.54, 1.807) is 6.92 Å².